The van der Waals surface area contributed by atoms with E-state index in [4.69, 9.17) is 35.4 Å². The number of halogens is 2. The number of hydrogen-bond donors (Lipinski definition) is 2. The van der Waals surface area contributed by atoms with Gasteiger partial charge in [0, 0.05) is 57.5 Å². The number of ether oxygens (including phenoxy) is 1. The second-order valence-corrected chi connectivity index (χ2v) is 14.2. The van der Waals surface area contributed by atoms with Crippen molar-refractivity contribution in [3.05, 3.63) is 78.1 Å². The fourth-order valence-corrected chi connectivity index (χ4v) is 7.95. The lowest BCUT2D eigenvalue weighted by Gasteiger charge is -2.33. The molecular weight excluding hydrogens is 682 g/mol. The van der Waals surface area contributed by atoms with E-state index in [0.717, 1.165) is 22.9 Å². The van der Waals surface area contributed by atoms with Crippen LogP contribution < -0.4 is 16.0 Å². The highest BCUT2D eigenvalue weighted by Gasteiger charge is 2.42. The molecule has 3 atom stereocenters. The number of aryl methyl sites for hydroxylation is 1. The first-order valence-corrected chi connectivity index (χ1v) is 17.7. The summed E-state index contributed by atoms with van der Waals surface area (Å²) < 4.78 is 38.5. The number of carbonyl (C=O) groups excluding carboxylic acids is 1. The lowest BCUT2D eigenvalue weighted by Crippen LogP contribution is -2.47. The predicted octanol–water partition coefficient (Wildman–Crippen LogP) is 3.96. The Labute approximate surface area is 303 Å². The number of hydrogen-bond acceptors (Lipinski definition) is 11. The summed E-state index contributed by atoms with van der Waals surface area (Å²) in [5, 5.41) is 8.64. The SMILES string of the molecule is CO[C@H]1CN(C)C(=O)[C@@H]2C[C@@H](CN2c2nc(C3CC(N)C3)nc3c2cnn3-c2ccc(F)cc2F)Nc2cccc(n2)-c2nccc3nc(C)n(c23)C1. The topological polar surface area (TPSA) is 158 Å². The van der Waals surface area contributed by atoms with Crippen molar-refractivity contribution < 1.29 is 18.3 Å². The molecule has 1 amide bonds. The van der Waals surface area contributed by atoms with Gasteiger partial charge >= 0.3 is 0 Å². The summed E-state index contributed by atoms with van der Waals surface area (Å²) in [4.78, 5) is 42.9. The zero-order chi connectivity index (χ0) is 36.5. The molecule has 1 aromatic carbocycles. The fourth-order valence-electron chi connectivity index (χ4n) is 7.95. The van der Waals surface area contributed by atoms with E-state index in [1.54, 1.807) is 31.5 Å². The van der Waals surface area contributed by atoms with Crippen LogP contribution in [-0.4, -0.2) is 102 Å². The van der Waals surface area contributed by atoms with Crippen LogP contribution in [0.3, 0.4) is 0 Å². The summed E-state index contributed by atoms with van der Waals surface area (Å²) in [5.74, 6) is 0.884. The number of imidazole rings is 1. The smallest absolute Gasteiger partial charge is 0.245 e. The minimum atomic E-state index is -0.775. The number of nitrogens with zero attached hydrogens (tertiary/aromatic N) is 10. The molecule has 3 N–H and O–H groups in total. The number of anilines is 2. The van der Waals surface area contributed by atoms with Crippen molar-refractivity contribution in [1.29, 1.82) is 0 Å². The number of rotatable bonds is 4. The van der Waals surface area contributed by atoms with Crippen molar-refractivity contribution in [2.75, 3.05) is 37.5 Å². The number of aromatic nitrogens is 8. The second kappa shape index (κ2) is 12.8. The third-order valence-electron chi connectivity index (χ3n) is 10.7. The average Bonchev–Trinajstić information content (AvgIpc) is 3.84. The minimum absolute atomic E-state index is 0.0163. The van der Waals surface area contributed by atoms with Crippen LogP contribution in [0.15, 0.2) is 54.9 Å². The van der Waals surface area contributed by atoms with Crippen molar-refractivity contribution in [3.63, 3.8) is 0 Å². The minimum Gasteiger partial charge on any atom is -0.378 e. The number of likely N-dealkylation sites (N-methyl/N-ethyl adjacent to an activating group) is 1. The first kappa shape index (κ1) is 33.2. The zero-order valence-corrected chi connectivity index (χ0v) is 29.4. The van der Waals surface area contributed by atoms with Crippen molar-refractivity contribution in [2.45, 2.75) is 62.9 Å². The fraction of sp³-hybridized carbons (Fsp3) is 0.378. The summed E-state index contributed by atoms with van der Waals surface area (Å²) in [7, 11) is 3.43. The lowest BCUT2D eigenvalue weighted by atomic mass is 9.80. The van der Waals surface area contributed by atoms with Crippen LogP contribution in [0.5, 0.6) is 0 Å². The van der Waals surface area contributed by atoms with Crippen LogP contribution in [0.1, 0.15) is 36.8 Å². The first-order valence-electron chi connectivity index (χ1n) is 17.7. The predicted molar refractivity (Wildman–Crippen MR) is 194 cm³/mol. The number of fused-ring (bicyclic) bond motifs is 6. The second-order valence-electron chi connectivity index (χ2n) is 14.2. The maximum Gasteiger partial charge on any atom is 0.245 e. The van der Waals surface area contributed by atoms with E-state index < -0.39 is 17.7 Å². The molecule has 2 fully saturated rings. The van der Waals surface area contributed by atoms with Crippen molar-refractivity contribution in [2.24, 2.45) is 5.73 Å². The van der Waals surface area contributed by atoms with Crippen LogP contribution in [-0.2, 0) is 16.1 Å². The molecule has 272 valence electrons. The normalized spacial score (nSPS) is 23.2. The summed E-state index contributed by atoms with van der Waals surface area (Å²) >= 11 is 0. The van der Waals surface area contributed by atoms with Gasteiger partial charge in [0.15, 0.2) is 11.5 Å². The number of methoxy groups -OCH3 is 1. The summed E-state index contributed by atoms with van der Waals surface area (Å²) in [6, 6.07) is 10.2. The molecule has 0 radical (unpaired) electrons. The van der Waals surface area contributed by atoms with Gasteiger partial charge in [0.05, 0.1) is 41.0 Å². The highest BCUT2D eigenvalue weighted by Crippen LogP contribution is 2.39. The average molecular weight is 721 g/mol. The molecule has 1 saturated heterocycles. The number of amides is 1. The molecule has 2 aliphatic heterocycles. The molecule has 14 nitrogen and oxygen atoms in total. The zero-order valence-electron chi connectivity index (χ0n) is 29.4. The monoisotopic (exact) mass is 720 g/mol. The Balaban J connectivity index is 1.17. The van der Waals surface area contributed by atoms with Crippen LogP contribution in [0, 0.1) is 18.6 Å². The van der Waals surface area contributed by atoms with E-state index in [0.29, 0.717) is 78.8 Å². The number of nitrogens with two attached hydrogens (primary N) is 1. The molecule has 7 heterocycles. The molecule has 9 rings (SSSR count). The van der Waals surface area contributed by atoms with Crippen molar-refractivity contribution in [1.82, 2.24) is 44.2 Å². The number of benzene rings is 1. The van der Waals surface area contributed by atoms with E-state index in [-0.39, 0.29) is 35.7 Å². The van der Waals surface area contributed by atoms with Gasteiger partial charge in [0.2, 0.25) is 5.91 Å². The molecule has 16 heteroatoms. The van der Waals surface area contributed by atoms with E-state index in [2.05, 4.69) is 15.0 Å². The van der Waals surface area contributed by atoms with Gasteiger partial charge in [-0.25, -0.2) is 33.4 Å². The summed E-state index contributed by atoms with van der Waals surface area (Å²) in [6.07, 6.45) is 4.78. The summed E-state index contributed by atoms with van der Waals surface area (Å²) in [6.45, 7) is 3.09. The number of pyridine rings is 2. The highest BCUT2D eigenvalue weighted by molar-refractivity contribution is 5.93. The molecule has 1 saturated carbocycles. The van der Waals surface area contributed by atoms with E-state index >= 15 is 4.39 Å². The van der Waals surface area contributed by atoms with E-state index in [9.17, 15) is 9.18 Å². The van der Waals surface area contributed by atoms with Crippen LogP contribution in [0.25, 0.3) is 39.1 Å². The Kier molecular flexibility index (Phi) is 8.03. The standard InChI is InChI=1S/C37H38F2N12O2/c1-19-43-28-9-10-41-32-27-5-4-6-31(45-27)44-23-14-30(37(52)48(2)17-24(53-3)18-49(19)33(28)32)50(16-23)35-25-15-42-51(29-8-7-21(38)13-26(29)39)36(25)47-34(46-35)20-11-22(40)12-20/h4-10,13,15,20,22-24,30H,11-12,14,16-18,40H2,1-3H3,(H,44,45)/t20?,22?,23-,24-,30-/m0/s1. The van der Waals surface area contributed by atoms with Gasteiger partial charge in [-0.3, -0.25) is 9.78 Å². The molecule has 0 spiro atoms. The quantitative estimate of drug-likeness (QED) is 0.272. The van der Waals surface area contributed by atoms with Gasteiger partial charge in [0.1, 0.15) is 46.5 Å². The van der Waals surface area contributed by atoms with Gasteiger partial charge in [-0.1, -0.05) is 6.07 Å². The largest absolute Gasteiger partial charge is 0.378 e. The van der Waals surface area contributed by atoms with Crippen LogP contribution in [0.2, 0.25) is 0 Å². The molecule has 0 unspecified atom stereocenters. The Bertz CT molecular complexity index is 2390. The molecule has 6 aromatic rings. The van der Waals surface area contributed by atoms with E-state index in [1.807, 2.05) is 36.1 Å². The molecule has 53 heavy (non-hydrogen) atoms. The van der Waals surface area contributed by atoms with E-state index in [1.165, 1.54) is 16.8 Å². The lowest BCUT2D eigenvalue weighted by molar-refractivity contribution is -0.132. The molecular formula is C37H38F2N12O2. The molecule has 5 aromatic heterocycles. The van der Waals surface area contributed by atoms with Gasteiger partial charge in [-0.2, -0.15) is 5.10 Å². The Morgan fingerprint density at radius 1 is 1.00 bits per heavy atom. The van der Waals surface area contributed by atoms with Crippen molar-refractivity contribution in [3.8, 4) is 17.1 Å². The van der Waals surface area contributed by atoms with Crippen LogP contribution in [0.4, 0.5) is 20.4 Å². The maximum absolute atomic E-state index is 15.2. The number of carbonyl (C=O) groups is 1. The first-order chi connectivity index (χ1) is 25.6. The third-order valence-corrected chi connectivity index (χ3v) is 10.7. The van der Waals surface area contributed by atoms with Crippen LogP contribution >= 0.6 is 0 Å². The third kappa shape index (κ3) is 5.72. The molecule has 4 bridgehead atoms. The summed E-state index contributed by atoms with van der Waals surface area (Å²) in [5.41, 5.74) is 9.64. The number of nitrogens with one attached hydrogen (secondary N) is 1. The Hall–Kier alpha value is -5.61. The van der Waals surface area contributed by atoms with Crippen molar-refractivity contribution >= 4 is 39.6 Å². The highest BCUT2D eigenvalue weighted by atomic mass is 19.1. The van der Waals surface area contributed by atoms with Gasteiger partial charge < -0.3 is 30.2 Å². The van der Waals surface area contributed by atoms with Gasteiger partial charge in [-0.15, -0.1) is 0 Å². The Morgan fingerprint density at radius 2 is 1.85 bits per heavy atom. The Morgan fingerprint density at radius 3 is 2.64 bits per heavy atom. The molecule has 1 aliphatic carbocycles. The van der Waals surface area contributed by atoms with Gasteiger partial charge in [-0.05, 0) is 56.5 Å². The van der Waals surface area contributed by atoms with Gasteiger partial charge in [0.25, 0.3) is 0 Å². The maximum atomic E-state index is 15.2. The molecule has 3 aliphatic rings.